The van der Waals surface area contributed by atoms with Crippen LogP contribution in [0.1, 0.15) is 27.0 Å². The van der Waals surface area contributed by atoms with Gasteiger partial charge in [-0.15, -0.1) is 0 Å². The third-order valence-corrected chi connectivity index (χ3v) is 3.56. The van der Waals surface area contributed by atoms with Crippen LogP contribution in [0.15, 0.2) is 40.9 Å². The van der Waals surface area contributed by atoms with E-state index in [0.717, 1.165) is 21.2 Å². The molecule has 0 aliphatic carbocycles. The zero-order valence-corrected chi connectivity index (χ0v) is 12.9. The molecule has 0 aromatic heterocycles. The fourth-order valence-corrected chi connectivity index (χ4v) is 2.24. The van der Waals surface area contributed by atoms with Crippen LogP contribution in [0.4, 0.5) is 0 Å². The van der Waals surface area contributed by atoms with E-state index in [1.165, 1.54) is 6.07 Å². The highest BCUT2D eigenvalue weighted by atomic mass is 79.9. The average molecular weight is 335 g/mol. The smallest absolute Gasteiger partial charge is 0.339 e. The fraction of sp³-hybridized carbons (Fsp3) is 0.188. The largest absolute Gasteiger partial charge is 0.488 e. The van der Waals surface area contributed by atoms with Gasteiger partial charge >= 0.3 is 5.97 Å². The third kappa shape index (κ3) is 3.39. The summed E-state index contributed by atoms with van der Waals surface area (Å²) in [7, 11) is 0. The molecule has 20 heavy (non-hydrogen) atoms. The summed E-state index contributed by atoms with van der Waals surface area (Å²) in [5, 5.41) is 9.16. The van der Waals surface area contributed by atoms with Crippen molar-refractivity contribution in [1.29, 1.82) is 0 Å². The molecule has 1 N–H and O–H groups in total. The molecule has 0 atom stereocenters. The van der Waals surface area contributed by atoms with E-state index in [0.29, 0.717) is 12.4 Å². The minimum Gasteiger partial charge on any atom is -0.488 e. The van der Waals surface area contributed by atoms with Gasteiger partial charge < -0.3 is 9.84 Å². The summed E-state index contributed by atoms with van der Waals surface area (Å²) in [6, 6.07) is 11.0. The Labute approximate surface area is 126 Å². The van der Waals surface area contributed by atoms with Crippen LogP contribution in [0.5, 0.6) is 5.75 Å². The highest BCUT2D eigenvalue weighted by Crippen LogP contribution is 2.25. The van der Waals surface area contributed by atoms with Gasteiger partial charge in [0, 0.05) is 4.47 Å². The maximum absolute atomic E-state index is 11.2. The number of halogens is 1. The highest BCUT2D eigenvalue weighted by molar-refractivity contribution is 9.10. The average Bonchev–Trinajstić information content (AvgIpc) is 2.39. The van der Waals surface area contributed by atoms with Crippen LogP contribution in [-0.4, -0.2) is 11.1 Å². The Balaban J connectivity index is 2.24. The molecule has 0 aliphatic heterocycles. The monoisotopic (exact) mass is 334 g/mol. The molecule has 2 aromatic rings. The van der Waals surface area contributed by atoms with Crippen molar-refractivity contribution >= 4 is 21.9 Å². The van der Waals surface area contributed by atoms with Crippen molar-refractivity contribution in [3.05, 3.63) is 63.1 Å². The van der Waals surface area contributed by atoms with E-state index >= 15 is 0 Å². The number of hydrogen-bond acceptors (Lipinski definition) is 2. The molecule has 104 valence electrons. The maximum Gasteiger partial charge on any atom is 0.339 e. The summed E-state index contributed by atoms with van der Waals surface area (Å²) in [6.07, 6.45) is 0. The first-order chi connectivity index (χ1) is 9.47. The van der Waals surface area contributed by atoms with E-state index in [1.54, 1.807) is 12.1 Å². The van der Waals surface area contributed by atoms with Gasteiger partial charge in [-0.3, -0.25) is 0 Å². The second-order valence-corrected chi connectivity index (χ2v) is 5.58. The normalized spacial score (nSPS) is 10.3. The molecule has 0 radical (unpaired) electrons. The van der Waals surface area contributed by atoms with E-state index in [-0.39, 0.29) is 5.56 Å². The van der Waals surface area contributed by atoms with Gasteiger partial charge in [0.15, 0.2) is 0 Å². The van der Waals surface area contributed by atoms with Crippen molar-refractivity contribution in [2.24, 2.45) is 0 Å². The van der Waals surface area contributed by atoms with E-state index < -0.39 is 5.97 Å². The van der Waals surface area contributed by atoms with Crippen molar-refractivity contribution in [2.75, 3.05) is 0 Å². The Morgan fingerprint density at radius 1 is 1.20 bits per heavy atom. The van der Waals surface area contributed by atoms with Gasteiger partial charge in [0.1, 0.15) is 17.9 Å². The molecular weight excluding hydrogens is 320 g/mol. The molecule has 0 bridgehead atoms. The van der Waals surface area contributed by atoms with Crippen molar-refractivity contribution in [1.82, 2.24) is 0 Å². The molecule has 0 saturated heterocycles. The van der Waals surface area contributed by atoms with Gasteiger partial charge in [-0.25, -0.2) is 4.79 Å². The lowest BCUT2D eigenvalue weighted by atomic mass is 10.1. The summed E-state index contributed by atoms with van der Waals surface area (Å²) in [6.45, 7) is 4.38. The first-order valence-electron chi connectivity index (χ1n) is 6.19. The predicted molar refractivity (Wildman–Crippen MR) is 81.3 cm³/mol. The number of benzene rings is 2. The fourth-order valence-electron chi connectivity index (χ4n) is 1.90. The minimum atomic E-state index is -0.992. The number of carbonyl (C=O) groups is 1. The summed E-state index contributed by atoms with van der Waals surface area (Å²) >= 11 is 3.32. The van der Waals surface area contributed by atoms with Crippen LogP contribution in [0.3, 0.4) is 0 Å². The van der Waals surface area contributed by atoms with Gasteiger partial charge in [0.05, 0.1) is 0 Å². The van der Waals surface area contributed by atoms with Crippen LogP contribution in [0.2, 0.25) is 0 Å². The maximum atomic E-state index is 11.2. The molecule has 3 nitrogen and oxygen atoms in total. The van der Waals surface area contributed by atoms with Crippen molar-refractivity contribution in [2.45, 2.75) is 20.5 Å². The molecule has 0 amide bonds. The van der Waals surface area contributed by atoms with E-state index in [1.807, 2.05) is 32.0 Å². The van der Waals surface area contributed by atoms with E-state index in [2.05, 4.69) is 15.9 Å². The molecule has 0 fully saturated rings. The summed E-state index contributed by atoms with van der Waals surface area (Å²) in [5.41, 5.74) is 3.50. The molecule has 0 aliphatic rings. The Morgan fingerprint density at radius 3 is 2.65 bits per heavy atom. The first-order valence-corrected chi connectivity index (χ1v) is 6.98. The molecule has 0 saturated carbocycles. The van der Waals surface area contributed by atoms with Crippen LogP contribution < -0.4 is 4.74 Å². The Morgan fingerprint density at radius 2 is 1.95 bits per heavy atom. The molecule has 4 heteroatoms. The minimum absolute atomic E-state index is 0.165. The molecule has 0 heterocycles. The van der Waals surface area contributed by atoms with Crippen molar-refractivity contribution in [3.8, 4) is 5.75 Å². The molecular formula is C16H15BrO3. The highest BCUT2D eigenvalue weighted by Gasteiger charge is 2.12. The summed E-state index contributed by atoms with van der Waals surface area (Å²) in [5.74, 6) is -0.624. The van der Waals surface area contributed by atoms with Crippen molar-refractivity contribution in [3.63, 3.8) is 0 Å². The molecule has 0 spiro atoms. The topological polar surface area (TPSA) is 46.5 Å². The lowest BCUT2D eigenvalue weighted by Crippen LogP contribution is -2.04. The molecule has 2 rings (SSSR count). The van der Waals surface area contributed by atoms with Gasteiger partial charge in [-0.1, -0.05) is 39.7 Å². The quantitative estimate of drug-likeness (QED) is 0.904. The molecule has 2 aromatic carbocycles. The lowest BCUT2D eigenvalue weighted by Gasteiger charge is -2.12. The van der Waals surface area contributed by atoms with E-state index in [9.17, 15) is 4.79 Å². The van der Waals surface area contributed by atoms with Crippen LogP contribution in [-0.2, 0) is 6.61 Å². The number of aromatic carboxylic acids is 1. The zero-order valence-electron chi connectivity index (χ0n) is 11.3. The zero-order chi connectivity index (χ0) is 14.7. The SMILES string of the molecule is Cc1ccc(C)c(COc2cc(Br)ccc2C(=O)O)c1. The number of rotatable bonds is 4. The summed E-state index contributed by atoms with van der Waals surface area (Å²) in [4.78, 5) is 11.2. The number of carboxylic acid groups (broad SMARTS) is 1. The van der Waals surface area contributed by atoms with Crippen LogP contribution in [0, 0.1) is 13.8 Å². The Bertz CT molecular complexity index is 650. The van der Waals surface area contributed by atoms with Crippen molar-refractivity contribution < 1.29 is 14.6 Å². The number of carboxylic acids is 1. The van der Waals surface area contributed by atoms with Crippen LogP contribution >= 0.6 is 15.9 Å². The van der Waals surface area contributed by atoms with Gasteiger partial charge in [-0.05, 0) is 43.2 Å². The number of aryl methyl sites for hydroxylation is 2. The Kier molecular flexibility index (Phi) is 4.45. The summed E-state index contributed by atoms with van der Waals surface area (Å²) < 4.78 is 6.48. The number of ether oxygens (including phenoxy) is 1. The van der Waals surface area contributed by atoms with E-state index in [4.69, 9.17) is 9.84 Å². The first kappa shape index (κ1) is 14.6. The lowest BCUT2D eigenvalue weighted by molar-refractivity contribution is 0.0691. The van der Waals surface area contributed by atoms with Gasteiger partial charge in [0.25, 0.3) is 0 Å². The number of hydrogen-bond donors (Lipinski definition) is 1. The second-order valence-electron chi connectivity index (χ2n) is 4.66. The van der Waals surface area contributed by atoms with Gasteiger partial charge in [0.2, 0.25) is 0 Å². The third-order valence-electron chi connectivity index (χ3n) is 3.06. The Hall–Kier alpha value is -1.81. The predicted octanol–water partition coefficient (Wildman–Crippen LogP) is 4.34. The molecule has 0 unspecified atom stereocenters. The standard InChI is InChI=1S/C16H15BrO3/c1-10-3-4-11(2)12(7-10)9-20-15-8-13(17)5-6-14(15)16(18)19/h3-8H,9H2,1-2H3,(H,18,19). The van der Waals surface area contributed by atoms with Crippen LogP contribution in [0.25, 0.3) is 0 Å². The second kappa shape index (κ2) is 6.09. The van der Waals surface area contributed by atoms with Gasteiger partial charge in [-0.2, -0.15) is 0 Å².